The van der Waals surface area contributed by atoms with Crippen molar-refractivity contribution in [2.45, 2.75) is 31.7 Å². The van der Waals surface area contributed by atoms with Crippen molar-refractivity contribution in [2.75, 3.05) is 17.6 Å². The highest BCUT2D eigenvalue weighted by molar-refractivity contribution is 7.99. The maximum absolute atomic E-state index is 10.8. The SMILES string of the molecule is CCCCSc1cc([N+](=O)[O-])cc(NCC)n1. The molecule has 0 aromatic carbocycles. The van der Waals surface area contributed by atoms with Crippen molar-refractivity contribution in [3.8, 4) is 0 Å². The number of rotatable bonds is 7. The molecule has 0 aliphatic heterocycles. The van der Waals surface area contributed by atoms with E-state index in [0.717, 1.165) is 18.6 Å². The van der Waals surface area contributed by atoms with Gasteiger partial charge in [-0.3, -0.25) is 10.1 Å². The fourth-order valence-corrected chi connectivity index (χ4v) is 2.27. The first-order chi connectivity index (χ1) is 8.17. The Hall–Kier alpha value is -1.30. The van der Waals surface area contributed by atoms with Crippen LogP contribution in [0.2, 0.25) is 0 Å². The van der Waals surface area contributed by atoms with E-state index < -0.39 is 0 Å². The lowest BCUT2D eigenvalue weighted by Crippen LogP contribution is -2.01. The van der Waals surface area contributed by atoms with Gasteiger partial charge >= 0.3 is 0 Å². The van der Waals surface area contributed by atoms with Gasteiger partial charge in [0.1, 0.15) is 10.8 Å². The Kier molecular flexibility index (Phi) is 5.76. The second-order valence-electron chi connectivity index (χ2n) is 3.54. The van der Waals surface area contributed by atoms with Gasteiger partial charge < -0.3 is 5.32 Å². The number of unbranched alkanes of at least 4 members (excludes halogenated alkanes) is 1. The Balaban J connectivity index is 2.83. The summed E-state index contributed by atoms with van der Waals surface area (Å²) in [5.41, 5.74) is 0.0925. The van der Waals surface area contributed by atoms with Gasteiger partial charge in [-0.1, -0.05) is 13.3 Å². The van der Waals surface area contributed by atoms with Crippen molar-refractivity contribution in [1.82, 2.24) is 4.98 Å². The molecule has 1 aromatic heterocycles. The molecule has 0 amide bonds. The summed E-state index contributed by atoms with van der Waals surface area (Å²) in [6, 6.07) is 2.99. The standard InChI is InChI=1S/C11H17N3O2S/c1-3-5-6-17-11-8-9(14(15)16)7-10(13-11)12-4-2/h7-8H,3-6H2,1-2H3,(H,12,13). The number of pyridine rings is 1. The topological polar surface area (TPSA) is 68.1 Å². The van der Waals surface area contributed by atoms with Crippen LogP contribution in [0, 0.1) is 10.1 Å². The normalized spacial score (nSPS) is 10.2. The van der Waals surface area contributed by atoms with E-state index in [1.807, 2.05) is 6.92 Å². The molecule has 1 aromatic rings. The number of nitrogens with one attached hydrogen (secondary N) is 1. The predicted octanol–water partition coefficient (Wildman–Crippen LogP) is 3.31. The minimum Gasteiger partial charge on any atom is -0.370 e. The van der Waals surface area contributed by atoms with Crippen LogP contribution in [0.5, 0.6) is 0 Å². The zero-order chi connectivity index (χ0) is 12.7. The van der Waals surface area contributed by atoms with Gasteiger partial charge in [0.05, 0.1) is 11.0 Å². The largest absolute Gasteiger partial charge is 0.370 e. The van der Waals surface area contributed by atoms with E-state index in [1.165, 1.54) is 12.1 Å². The second-order valence-corrected chi connectivity index (χ2v) is 4.65. The highest BCUT2D eigenvalue weighted by Crippen LogP contribution is 2.25. The summed E-state index contributed by atoms with van der Waals surface area (Å²) >= 11 is 1.56. The third kappa shape index (κ3) is 4.60. The lowest BCUT2D eigenvalue weighted by Gasteiger charge is -2.05. The summed E-state index contributed by atoms with van der Waals surface area (Å²) < 4.78 is 0. The summed E-state index contributed by atoms with van der Waals surface area (Å²) in [7, 11) is 0. The highest BCUT2D eigenvalue weighted by atomic mass is 32.2. The van der Waals surface area contributed by atoms with E-state index >= 15 is 0 Å². The first-order valence-electron chi connectivity index (χ1n) is 5.70. The summed E-state index contributed by atoms with van der Waals surface area (Å²) in [4.78, 5) is 14.7. The third-order valence-electron chi connectivity index (χ3n) is 2.10. The summed E-state index contributed by atoms with van der Waals surface area (Å²) in [5.74, 6) is 1.51. The van der Waals surface area contributed by atoms with Crippen molar-refractivity contribution < 1.29 is 4.92 Å². The van der Waals surface area contributed by atoms with Crippen LogP contribution in [-0.2, 0) is 0 Å². The van der Waals surface area contributed by atoms with Crippen LogP contribution in [0.3, 0.4) is 0 Å². The van der Waals surface area contributed by atoms with Gasteiger partial charge in [-0.2, -0.15) is 0 Å². The number of aromatic nitrogens is 1. The molecular weight excluding hydrogens is 238 g/mol. The van der Waals surface area contributed by atoms with Gasteiger partial charge in [0.25, 0.3) is 5.69 Å². The van der Waals surface area contributed by atoms with Gasteiger partial charge in [-0.25, -0.2) is 4.98 Å². The molecule has 0 aliphatic rings. The van der Waals surface area contributed by atoms with Crippen LogP contribution in [0.1, 0.15) is 26.7 Å². The van der Waals surface area contributed by atoms with Gasteiger partial charge in [-0.15, -0.1) is 11.8 Å². The Morgan fingerprint density at radius 2 is 2.24 bits per heavy atom. The van der Waals surface area contributed by atoms with E-state index in [0.29, 0.717) is 17.4 Å². The number of thioether (sulfide) groups is 1. The fraction of sp³-hybridized carbons (Fsp3) is 0.545. The molecule has 5 nitrogen and oxygen atoms in total. The monoisotopic (exact) mass is 255 g/mol. The van der Waals surface area contributed by atoms with E-state index in [-0.39, 0.29) is 10.6 Å². The Morgan fingerprint density at radius 3 is 2.82 bits per heavy atom. The van der Waals surface area contributed by atoms with Crippen LogP contribution < -0.4 is 5.32 Å². The summed E-state index contributed by atoms with van der Waals surface area (Å²) in [6.07, 6.45) is 2.20. The van der Waals surface area contributed by atoms with Gasteiger partial charge in [0.15, 0.2) is 0 Å². The first kappa shape index (κ1) is 13.8. The zero-order valence-electron chi connectivity index (χ0n) is 10.1. The number of nitro groups is 1. The third-order valence-corrected chi connectivity index (χ3v) is 3.10. The van der Waals surface area contributed by atoms with E-state index in [2.05, 4.69) is 17.2 Å². The van der Waals surface area contributed by atoms with Crippen molar-refractivity contribution >= 4 is 23.3 Å². The van der Waals surface area contributed by atoms with Gasteiger partial charge in [-0.05, 0) is 19.1 Å². The van der Waals surface area contributed by atoms with Crippen molar-refractivity contribution in [3.63, 3.8) is 0 Å². The lowest BCUT2D eigenvalue weighted by molar-refractivity contribution is -0.385. The van der Waals surface area contributed by atoms with Crippen molar-refractivity contribution in [2.24, 2.45) is 0 Å². The minimum absolute atomic E-state index is 0.0925. The molecule has 1 rings (SSSR count). The predicted molar refractivity (Wildman–Crippen MR) is 70.7 cm³/mol. The van der Waals surface area contributed by atoms with Crippen LogP contribution in [0.15, 0.2) is 17.2 Å². The Morgan fingerprint density at radius 1 is 1.47 bits per heavy atom. The van der Waals surface area contributed by atoms with Crippen LogP contribution in [0.4, 0.5) is 11.5 Å². The minimum atomic E-state index is -0.383. The van der Waals surface area contributed by atoms with E-state index in [4.69, 9.17) is 0 Å². The second kappa shape index (κ2) is 7.11. The van der Waals surface area contributed by atoms with Crippen molar-refractivity contribution in [3.05, 3.63) is 22.2 Å². The molecule has 17 heavy (non-hydrogen) atoms. The number of nitrogens with zero attached hydrogens (tertiary/aromatic N) is 2. The lowest BCUT2D eigenvalue weighted by atomic mass is 10.4. The summed E-state index contributed by atoms with van der Waals surface area (Å²) in [5, 5.41) is 14.5. The average molecular weight is 255 g/mol. The molecule has 0 saturated heterocycles. The maximum atomic E-state index is 10.8. The smallest absolute Gasteiger partial charge is 0.275 e. The number of hydrogen-bond donors (Lipinski definition) is 1. The maximum Gasteiger partial charge on any atom is 0.275 e. The number of anilines is 1. The number of hydrogen-bond acceptors (Lipinski definition) is 5. The molecule has 0 radical (unpaired) electrons. The van der Waals surface area contributed by atoms with Crippen LogP contribution in [0.25, 0.3) is 0 Å². The molecule has 94 valence electrons. The Bertz CT molecular complexity index is 385. The van der Waals surface area contributed by atoms with Crippen LogP contribution >= 0.6 is 11.8 Å². The molecule has 0 unspecified atom stereocenters. The average Bonchev–Trinajstić information content (AvgIpc) is 2.29. The molecule has 1 N–H and O–H groups in total. The summed E-state index contributed by atoms with van der Waals surface area (Å²) in [6.45, 7) is 4.75. The van der Waals surface area contributed by atoms with E-state index in [1.54, 1.807) is 11.8 Å². The molecule has 0 saturated carbocycles. The fourth-order valence-electron chi connectivity index (χ4n) is 1.26. The van der Waals surface area contributed by atoms with Crippen molar-refractivity contribution in [1.29, 1.82) is 0 Å². The molecule has 0 spiro atoms. The molecule has 0 atom stereocenters. The molecule has 0 bridgehead atoms. The van der Waals surface area contributed by atoms with Gasteiger partial charge in [0, 0.05) is 12.6 Å². The van der Waals surface area contributed by atoms with Gasteiger partial charge in [0.2, 0.25) is 0 Å². The zero-order valence-corrected chi connectivity index (χ0v) is 10.9. The van der Waals surface area contributed by atoms with E-state index in [9.17, 15) is 10.1 Å². The first-order valence-corrected chi connectivity index (χ1v) is 6.69. The molecule has 0 aliphatic carbocycles. The highest BCUT2D eigenvalue weighted by Gasteiger charge is 2.10. The molecular formula is C11H17N3O2S. The Labute approximate surface area is 105 Å². The molecule has 0 fully saturated rings. The quantitative estimate of drug-likeness (QED) is 0.350. The molecule has 6 heteroatoms. The van der Waals surface area contributed by atoms with Crippen LogP contribution in [-0.4, -0.2) is 22.2 Å². The molecule has 1 heterocycles.